The second-order valence-corrected chi connectivity index (χ2v) is 8.70. The lowest BCUT2D eigenvalue weighted by Gasteiger charge is -2.26. The summed E-state index contributed by atoms with van der Waals surface area (Å²) < 4.78 is 32.0. The SMILES string of the molecule is O=C(CNc1ccc(Cl)c(Cl)c1)c1cccc(S(=O)(=O)N2CCOCC2)c1. The van der Waals surface area contributed by atoms with Crippen molar-refractivity contribution in [3.05, 3.63) is 58.1 Å². The minimum atomic E-state index is -3.65. The molecule has 6 nitrogen and oxygen atoms in total. The van der Waals surface area contributed by atoms with Crippen LogP contribution in [0.15, 0.2) is 47.4 Å². The standard InChI is InChI=1S/C18H18Cl2N2O4S/c19-16-5-4-14(11-17(16)20)21-12-18(23)13-2-1-3-15(10-13)27(24,25)22-6-8-26-9-7-22/h1-5,10-11,21H,6-9,12H2. The van der Waals surface area contributed by atoms with Crippen molar-refractivity contribution in [2.75, 3.05) is 38.2 Å². The molecule has 0 radical (unpaired) electrons. The lowest BCUT2D eigenvalue weighted by Crippen LogP contribution is -2.40. The molecule has 1 heterocycles. The third-order valence-corrected chi connectivity index (χ3v) is 6.77. The third kappa shape index (κ3) is 4.80. The molecule has 0 saturated carbocycles. The van der Waals surface area contributed by atoms with Crippen molar-refractivity contribution in [2.24, 2.45) is 0 Å². The van der Waals surface area contributed by atoms with Crippen molar-refractivity contribution in [3.8, 4) is 0 Å². The lowest BCUT2D eigenvalue weighted by molar-refractivity contribution is 0.0730. The minimum absolute atomic E-state index is 0.000976. The van der Waals surface area contributed by atoms with Crippen molar-refractivity contribution in [3.63, 3.8) is 0 Å². The molecule has 9 heteroatoms. The topological polar surface area (TPSA) is 75.7 Å². The summed E-state index contributed by atoms with van der Waals surface area (Å²) in [6.07, 6.45) is 0. The predicted molar refractivity (Wildman–Crippen MR) is 105 cm³/mol. The number of rotatable bonds is 6. The average molecular weight is 429 g/mol. The number of benzene rings is 2. The first-order valence-electron chi connectivity index (χ1n) is 8.28. The van der Waals surface area contributed by atoms with Gasteiger partial charge in [0.2, 0.25) is 10.0 Å². The van der Waals surface area contributed by atoms with E-state index in [1.165, 1.54) is 16.4 Å². The van der Waals surface area contributed by atoms with Gasteiger partial charge in [0.15, 0.2) is 5.78 Å². The molecule has 0 bridgehead atoms. The van der Waals surface area contributed by atoms with E-state index in [1.54, 1.807) is 30.3 Å². The van der Waals surface area contributed by atoms with E-state index >= 15 is 0 Å². The van der Waals surface area contributed by atoms with E-state index in [-0.39, 0.29) is 17.2 Å². The Morgan fingerprint density at radius 3 is 2.52 bits per heavy atom. The van der Waals surface area contributed by atoms with Crippen LogP contribution in [0.3, 0.4) is 0 Å². The highest BCUT2D eigenvalue weighted by molar-refractivity contribution is 7.89. The van der Waals surface area contributed by atoms with Gasteiger partial charge in [-0.2, -0.15) is 4.31 Å². The van der Waals surface area contributed by atoms with E-state index in [2.05, 4.69) is 5.32 Å². The third-order valence-electron chi connectivity index (χ3n) is 4.14. The molecule has 0 spiro atoms. The number of ether oxygens (including phenoxy) is 1. The normalized spacial score (nSPS) is 15.5. The van der Waals surface area contributed by atoms with Crippen molar-refractivity contribution in [1.82, 2.24) is 4.31 Å². The number of Topliss-reactive ketones (excluding diaryl/α,β-unsaturated/α-hetero) is 1. The van der Waals surface area contributed by atoms with Gasteiger partial charge in [0.1, 0.15) is 0 Å². The number of nitrogens with zero attached hydrogens (tertiary/aromatic N) is 1. The van der Waals surface area contributed by atoms with E-state index in [0.29, 0.717) is 47.6 Å². The fourth-order valence-electron chi connectivity index (χ4n) is 2.66. The number of anilines is 1. The summed E-state index contributed by atoms with van der Waals surface area (Å²) in [5, 5.41) is 3.77. The van der Waals surface area contributed by atoms with Crippen LogP contribution < -0.4 is 5.32 Å². The van der Waals surface area contributed by atoms with Crippen molar-refractivity contribution >= 4 is 44.7 Å². The molecule has 144 valence electrons. The molecule has 2 aromatic carbocycles. The van der Waals surface area contributed by atoms with Gasteiger partial charge >= 0.3 is 0 Å². The first-order valence-corrected chi connectivity index (χ1v) is 10.5. The van der Waals surface area contributed by atoms with Gasteiger partial charge in [-0.05, 0) is 30.3 Å². The van der Waals surface area contributed by atoms with E-state index < -0.39 is 10.0 Å². The Labute approximate surface area is 168 Å². The van der Waals surface area contributed by atoms with Gasteiger partial charge in [-0.25, -0.2) is 8.42 Å². The molecule has 0 aromatic heterocycles. The number of hydrogen-bond acceptors (Lipinski definition) is 5. The molecule has 3 rings (SSSR count). The van der Waals surface area contributed by atoms with Crippen LogP contribution >= 0.6 is 23.2 Å². The van der Waals surface area contributed by atoms with Gasteiger partial charge in [-0.15, -0.1) is 0 Å². The summed E-state index contributed by atoms with van der Waals surface area (Å²) in [6.45, 7) is 1.34. The summed E-state index contributed by atoms with van der Waals surface area (Å²) in [6, 6.07) is 11.0. The summed E-state index contributed by atoms with van der Waals surface area (Å²) in [4.78, 5) is 12.6. The Bertz CT molecular complexity index is 944. The lowest BCUT2D eigenvalue weighted by atomic mass is 10.1. The van der Waals surface area contributed by atoms with Crippen molar-refractivity contribution < 1.29 is 17.9 Å². The molecule has 2 aromatic rings. The summed E-state index contributed by atoms with van der Waals surface area (Å²) in [5.74, 6) is -0.236. The summed E-state index contributed by atoms with van der Waals surface area (Å²) >= 11 is 11.8. The van der Waals surface area contributed by atoms with Gasteiger partial charge in [0, 0.05) is 24.3 Å². The first-order chi connectivity index (χ1) is 12.9. The second kappa shape index (κ2) is 8.58. The number of halogens is 2. The molecule has 0 unspecified atom stereocenters. The van der Waals surface area contributed by atoms with Crippen LogP contribution in [-0.2, 0) is 14.8 Å². The maximum atomic E-state index is 12.7. The van der Waals surface area contributed by atoms with Crippen LogP contribution in [0, 0.1) is 0 Å². The smallest absolute Gasteiger partial charge is 0.243 e. The predicted octanol–water partition coefficient (Wildman–Crippen LogP) is 3.31. The zero-order chi connectivity index (χ0) is 19.4. The highest BCUT2D eigenvalue weighted by Gasteiger charge is 2.26. The Morgan fingerprint density at radius 2 is 1.81 bits per heavy atom. The summed E-state index contributed by atoms with van der Waals surface area (Å²) in [5.41, 5.74) is 0.965. The van der Waals surface area contributed by atoms with Gasteiger partial charge in [0.25, 0.3) is 0 Å². The molecule has 1 saturated heterocycles. The summed E-state index contributed by atoms with van der Waals surface area (Å²) in [7, 11) is -3.65. The number of carbonyl (C=O) groups excluding carboxylic acids is 1. The number of sulfonamides is 1. The van der Waals surface area contributed by atoms with E-state index in [1.807, 2.05) is 0 Å². The van der Waals surface area contributed by atoms with Crippen molar-refractivity contribution in [1.29, 1.82) is 0 Å². The van der Waals surface area contributed by atoms with Crippen LogP contribution in [0.4, 0.5) is 5.69 Å². The second-order valence-electron chi connectivity index (χ2n) is 5.95. The van der Waals surface area contributed by atoms with Crippen LogP contribution in [0.2, 0.25) is 10.0 Å². The Morgan fingerprint density at radius 1 is 1.07 bits per heavy atom. The zero-order valence-electron chi connectivity index (χ0n) is 14.3. The molecule has 1 N–H and O–H groups in total. The van der Waals surface area contributed by atoms with Gasteiger partial charge < -0.3 is 10.1 Å². The van der Waals surface area contributed by atoms with E-state index in [0.717, 1.165) is 0 Å². The van der Waals surface area contributed by atoms with Crippen LogP contribution in [0.5, 0.6) is 0 Å². The molecule has 0 atom stereocenters. The molecule has 1 aliphatic heterocycles. The molecule has 1 aliphatic rings. The van der Waals surface area contributed by atoms with E-state index in [9.17, 15) is 13.2 Å². The Kier molecular flexibility index (Phi) is 6.39. The quantitative estimate of drug-likeness (QED) is 0.714. The maximum absolute atomic E-state index is 12.7. The monoisotopic (exact) mass is 428 g/mol. The highest BCUT2D eigenvalue weighted by Crippen LogP contribution is 2.25. The minimum Gasteiger partial charge on any atom is -0.379 e. The Balaban J connectivity index is 1.72. The van der Waals surface area contributed by atoms with Crippen LogP contribution in [-0.4, -0.2) is 51.4 Å². The van der Waals surface area contributed by atoms with Gasteiger partial charge in [0.05, 0.1) is 34.7 Å². The number of morpholine rings is 1. The van der Waals surface area contributed by atoms with Crippen LogP contribution in [0.1, 0.15) is 10.4 Å². The molecular weight excluding hydrogens is 411 g/mol. The number of nitrogens with one attached hydrogen (secondary N) is 1. The fourth-order valence-corrected chi connectivity index (χ4v) is 4.41. The molecule has 1 fully saturated rings. The van der Waals surface area contributed by atoms with Gasteiger partial charge in [-0.3, -0.25) is 4.79 Å². The molecule has 27 heavy (non-hydrogen) atoms. The number of ketones is 1. The number of carbonyl (C=O) groups is 1. The van der Waals surface area contributed by atoms with Crippen molar-refractivity contribution in [2.45, 2.75) is 4.90 Å². The number of hydrogen-bond donors (Lipinski definition) is 1. The highest BCUT2D eigenvalue weighted by atomic mass is 35.5. The molecular formula is C18H18Cl2N2O4S. The maximum Gasteiger partial charge on any atom is 0.243 e. The average Bonchev–Trinajstić information content (AvgIpc) is 2.69. The van der Waals surface area contributed by atoms with Crippen LogP contribution in [0.25, 0.3) is 0 Å². The van der Waals surface area contributed by atoms with Gasteiger partial charge in [-0.1, -0.05) is 35.3 Å². The first kappa shape index (κ1) is 20.1. The fraction of sp³-hybridized carbons (Fsp3) is 0.278. The Hall–Kier alpha value is -1.64. The molecule has 0 amide bonds. The zero-order valence-corrected chi connectivity index (χ0v) is 16.6. The van der Waals surface area contributed by atoms with E-state index in [4.69, 9.17) is 27.9 Å². The largest absolute Gasteiger partial charge is 0.379 e. The molecule has 0 aliphatic carbocycles.